The van der Waals surface area contributed by atoms with Crippen molar-refractivity contribution in [3.05, 3.63) is 88.3 Å². The highest BCUT2D eigenvalue weighted by Gasteiger charge is 2.19. The molecular weight excluding hydrogens is 435 g/mol. The molecule has 0 saturated carbocycles. The second-order valence-corrected chi connectivity index (χ2v) is 10.2. The lowest BCUT2D eigenvalue weighted by Gasteiger charge is -2.19. The van der Waals surface area contributed by atoms with Crippen LogP contribution in [0, 0.1) is 12.7 Å². The van der Waals surface area contributed by atoms with E-state index in [1.54, 1.807) is 18.2 Å². The number of fused-ring (bicyclic) bond motifs is 1. The van der Waals surface area contributed by atoms with E-state index in [1.807, 2.05) is 31.2 Å². The van der Waals surface area contributed by atoms with Gasteiger partial charge < -0.3 is 5.32 Å². The smallest absolute Gasteiger partial charge is 0.151 e. The summed E-state index contributed by atoms with van der Waals surface area (Å²) in [6.07, 6.45) is 4.97. The summed E-state index contributed by atoms with van der Waals surface area (Å²) in [5.74, 6) is 0.203. The Labute approximate surface area is 186 Å². The number of hydrogen-bond donors (Lipinski definition) is 1. The van der Waals surface area contributed by atoms with Crippen molar-refractivity contribution in [1.29, 1.82) is 0 Å². The molecule has 7 heteroatoms. The Hall–Kier alpha value is -2.96. The van der Waals surface area contributed by atoms with E-state index < -0.39 is 9.84 Å². The predicted molar refractivity (Wildman–Crippen MR) is 125 cm³/mol. The van der Waals surface area contributed by atoms with Gasteiger partial charge in [0.05, 0.1) is 11.4 Å². The summed E-state index contributed by atoms with van der Waals surface area (Å²) >= 11 is 6.50. The molecule has 4 nitrogen and oxygen atoms in total. The minimum absolute atomic E-state index is 0.125. The average molecular weight is 455 g/mol. The number of aromatic nitrogens is 1. The van der Waals surface area contributed by atoms with Gasteiger partial charge in [0.2, 0.25) is 0 Å². The van der Waals surface area contributed by atoms with E-state index in [4.69, 9.17) is 16.6 Å². The number of nitrogens with one attached hydrogen (secondary N) is 1. The molecule has 0 atom stereocenters. The summed E-state index contributed by atoms with van der Waals surface area (Å²) in [7, 11) is -3.23. The van der Waals surface area contributed by atoms with Gasteiger partial charge in [-0.1, -0.05) is 24.2 Å². The summed E-state index contributed by atoms with van der Waals surface area (Å²) in [4.78, 5) is 4.80. The van der Waals surface area contributed by atoms with Crippen molar-refractivity contribution in [1.82, 2.24) is 4.98 Å². The number of sulfone groups is 1. The zero-order valence-corrected chi connectivity index (χ0v) is 18.6. The number of pyridine rings is 1. The fourth-order valence-corrected chi connectivity index (χ4v) is 4.88. The molecule has 2 heterocycles. The Balaban J connectivity index is 1.93. The number of hydrogen-bond acceptors (Lipinski definition) is 4. The highest BCUT2D eigenvalue weighted by Crippen LogP contribution is 2.38. The first-order valence-corrected chi connectivity index (χ1v) is 12.0. The summed E-state index contributed by atoms with van der Waals surface area (Å²) in [5.41, 5.74) is 5.96. The third-order valence-corrected chi connectivity index (χ3v) is 6.20. The number of aryl methyl sites for hydroxylation is 1. The van der Waals surface area contributed by atoms with Gasteiger partial charge in [0, 0.05) is 33.7 Å². The largest absolute Gasteiger partial charge is 0.340 e. The van der Waals surface area contributed by atoms with Crippen molar-refractivity contribution in [2.75, 3.05) is 11.6 Å². The number of nitrogens with zero attached hydrogens (tertiary/aromatic N) is 1. The molecule has 1 N–H and O–H groups in total. The second kappa shape index (κ2) is 7.94. The van der Waals surface area contributed by atoms with Gasteiger partial charge in [-0.05, 0) is 72.2 Å². The maximum atomic E-state index is 13.5. The zero-order chi connectivity index (χ0) is 22.3. The first-order chi connectivity index (χ1) is 14.6. The lowest BCUT2D eigenvalue weighted by Crippen LogP contribution is -2.06. The highest BCUT2D eigenvalue weighted by molar-refractivity contribution is 7.89. The third-order valence-electron chi connectivity index (χ3n) is 5.05. The molecule has 3 aromatic rings. The van der Waals surface area contributed by atoms with E-state index in [1.165, 1.54) is 18.4 Å². The monoisotopic (exact) mass is 454 g/mol. The summed E-state index contributed by atoms with van der Waals surface area (Å²) in [5, 5.41) is 3.54. The fraction of sp³-hybridized carbons (Fsp3) is 0.125. The summed E-state index contributed by atoms with van der Waals surface area (Å²) < 4.78 is 37.1. The number of allylic oxidation sites excluding steroid dienone is 1. The van der Waals surface area contributed by atoms with Crippen LogP contribution in [-0.4, -0.2) is 19.7 Å². The van der Waals surface area contributed by atoms with Crippen LogP contribution in [0.2, 0.25) is 5.02 Å². The van der Waals surface area contributed by atoms with E-state index in [0.717, 1.165) is 33.5 Å². The molecule has 0 bridgehead atoms. The number of rotatable bonds is 4. The van der Waals surface area contributed by atoms with Crippen molar-refractivity contribution in [3.8, 4) is 22.4 Å². The number of anilines is 1. The minimum Gasteiger partial charge on any atom is -0.340 e. The van der Waals surface area contributed by atoms with Crippen LogP contribution in [0.4, 0.5) is 10.2 Å². The van der Waals surface area contributed by atoms with Crippen molar-refractivity contribution in [3.63, 3.8) is 0 Å². The zero-order valence-electron chi connectivity index (χ0n) is 17.0. The Bertz CT molecular complexity index is 1320. The van der Waals surface area contributed by atoms with Gasteiger partial charge in [-0.25, -0.2) is 17.8 Å². The molecule has 1 aliphatic heterocycles. The maximum absolute atomic E-state index is 13.5. The molecule has 1 aromatic heterocycles. The molecule has 0 unspecified atom stereocenters. The lowest BCUT2D eigenvalue weighted by molar-refractivity contribution is 0.601. The number of benzene rings is 2. The van der Waals surface area contributed by atoms with Gasteiger partial charge >= 0.3 is 0 Å². The fourth-order valence-electron chi connectivity index (χ4n) is 3.56. The average Bonchev–Trinajstić information content (AvgIpc) is 2.69. The molecule has 4 rings (SSSR count). The molecule has 0 fully saturated rings. The SMILES string of the molecule is C=C1C=Cc2cc(-c3cc(C)c(CS(C)(=O)=O)c(Cl)c3)c(-c3ccc(F)cc3)nc2N1. The van der Waals surface area contributed by atoms with Crippen LogP contribution in [0.5, 0.6) is 0 Å². The van der Waals surface area contributed by atoms with Crippen LogP contribution in [0.3, 0.4) is 0 Å². The van der Waals surface area contributed by atoms with E-state index >= 15 is 0 Å². The third kappa shape index (κ3) is 4.55. The molecule has 0 spiro atoms. The van der Waals surface area contributed by atoms with Crippen LogP contribution < -0.4 is 5.32 Å². The van der Waals surface area contributed by atoms with E-state index in [9.17, 15) is 12.8 Å². The van der Waals surface area contributed by atoms with Gasteiger partial charge in [0.25, 0.3) is 0 Å². The van der Waals surface area contributed by atoms with Gasteiger partial charge in [-0.2, -0.15) is 0 Å². The molecule has 31 heavy (non-hydrogen) atoms. The topological polar surface area (TPSA) is 59.1 Å². The quantitative estimate of drug-likeness (QED) is 0.524. The molecule has 0 saturated heterocycles. The van der Waals surface area contributed by atoms with Crippen molar-refractivity contribution in [2.45, 2.75) is 12.7 Å². The molecule has 0 amide bonds. The van der Waals surface area contributed by atoms with Crippen LogP contribution in [0.25, 0.3) is 28.5 Å². The van der Waals surface area contributed by atoms with Gasteiger partial charge in [-0.3, -0.25) is 0 Å². The molecule has 0 aliphatic carbocycles. The normalized spacial score (nSPS) is 13.1. The van der Waals surface area contributed by atoms with Gasteiger partial charge in [0.15, 0.2) is 9.84 Å². The Morgan fingerprint density at radius 2 is 1.81 bits per heavy atom. The van der Waals surface area contributed by atoms with Crippen molar-refractivity contribution < 1.29 is 12.8 Å². The van der Waals surface area contributed by atoms with Crippen molar-refractivity contribution >= 4 is 33.3 Å². The number of halogens is 2. The predicted octanol–water partition coefficient (Wildman–Crippen LogP) is 6.01. The first kappa shape index (κ1) is 21.3. The Morgan fingerprint density at radius 1 is 1.10 bits per heavy atom. The minimum atomic E-state index is -3.23. The molecule has 2 aromatic carbocycles. The summed E-state index contributed by atoms with van der Waals surface area (Å²) in [6.45, 7) is 5.75. The van der Waals surface area contributed by atoms with E-state index in [-0.39, 0.29) is 11.6 Å². The molecule has 0 radical (unpaired) electrons. The molecule has 1 aliphatic rings. The van der Waals surface area contributed by atoms with Gasteiger partial charge in [-0.15, -0.1) is 0 Å². The molecular formula is C24H20ClFN2O2S. The van der Waals surface area contributed by atoms with E-state index in [0.29, 0.717) is 22.1 Å². The maximum Gasteiger partial charge on any atom is 0.151 e. The first-order valence-electron chi connectivity index (χ1n) is 9.53. The van der Waals surface area contributed by atoms with Crippen LogP contribution in [0.1, 0.15) is 16.7 Å². The highest BCUT2D eigenvalue weighted by atomic mass is 35.5. The molecule has 158 valence electrons. The standard InChI is InChI=1S/C24H20ClFN2O2S/c1-14-10-18(12-22(25)21(14)13-31(3,29)30)20-11-17-5-4-15(2)27-24(17)28-23(20)16-6-8-19(26)9-7-16/h4-12H,2,13H2,1,3H3,(H,27,28). The van der Waals surface area contributed by atoms with Crippen molar-refractivity contribution in [2.24, 2.45) is 0 Å². The lowest BCUT2D eigenvalue weighted by atomic mass is 9.94. The Morgan fingerprint density at radius 3 is 2.45 bits per heavy atom. The summed E-state index contributed by atoms with van der Waals surface area (Å²) in [6, 6.07) is 11.8. The second-order valence-electron chi connectivity index (χ2n) is 7.64. The van der Waals surface area contributed by atoms with Gasteiger partial charge in [0.1, 0.15) is 11.6 Å². The van der Waals surface area contributed by atoms with Crippen LogP contribution in [-0.2, 0) is 15.6 Å². The Kier molecular flexibility index (Phi) is 5.45. The van der Waals surface area contributed by atoms with Crippen LogP contribution in [0.15, 0.2) is 60.8 Å². The van der Waals surface area contributed by atoms with Crippen LogP contribution >= 0.6 is 11.6 Å². The van der Waals surface area contributed by atoms with E-state index in [2.05, 4.69) is 11.9 Å².